The molecule has 2 heterocycles. The Kier molecular flexibility index (Phi) is 1.15. The lowest BCUT2D eigenvalue weighted by atomic mass is 10.4. The Morgan fingerprint density at radius 3 is 3.18 bits per heavy atom. The lowest BCUT2D eigenvalue weighted by molar-refractivity contribution is -0.581. The van der Waals surface area contributed by atoms with Crippen molar-refractivity contribution in [3.05, 3.63) is 30.0 Å². The van der Waals surface area contributed by atoms with Crippen LogP contribution in [0.4, 0.5) is 0 Å². The summed E-state index contributed by atoms with van der Waals surface area (Å²) in [7, 11) is 0. The van der Waals surface area contributed by atoms with Gasteiger partial charge >= 0.3 is 6.33 Å². The highest BCUT2D eigenvalue weighted by Crippen LogP contribution is 1.99. The fraction of sp³-hybridized carbons (Fsp3) is 0. The van der Waals surface area contributed by atoms with Crippen molar-refractivity contribution in [3.63, 3.8) is 0 Å². The van der Waals surface area contributed by atoms with Gasteiger partial charge in [0.25, 0.3) is 0 Å². The average Bonchev–Trinajstić information content (AvgIpc) is 2.06. The molecule has 2 aromatic heterocycles. The van der Waals surface area contributed by atoms with E-state index in [0.717, 1.165) is 6.33 Å². The summed E-state index contributed by atoms with van der Waals surface area (Å²) in [5, 5.41) is 18.1. The highest BCUT2D eigenvalue weighted by Gasteiger charge is 2.00. The number of hydrogen-bond donors (Lipinski definition) is 0. The molecule has 0 aliphatic carbocycles. The first-order chi connectivity index (χ1) is 5.38. The number of fused-ring (bicyclic) bond motifs is 1. The third-order valence-electron chi connectivity index (χ3n) is 1.34. The number of rotatable bonds is 0. The van der Waals surface area contributed by atoms with Crippen LogP contribution in [0.3, 0.4) is 0 Å². The molecule has 0 aliphatic rings. The van der Waals surface area contributed by atoms with Crippen molar-refractivity contribution in [1.29, 1.82) is 0 Å². The SMILES string of the molecule is [O-][n+]1cnnc2cnccc21. The molecule has 0 aliphatic heterocycles. The van der Waals surface area contributed by atoms with Crippen molar-refractivity contribution in [3.8, 4) is 0 Å². The van der Waals surface area contributed by atoms with Crippen LogP contribution in [-0.4, -0.2) is 15.2 Å². The van der Waals surface area contributed by atoms with Gasteiger partial charge < -0.3 is 5.21 Å². The van der Waals surface area contributed by atoms with E-state index in [9.17, 15) is 5.21 Å². The Morgan fingerprint density at radius 1 is 1.45 bits per heavy atom. The van der Waals surface area contributed by atoms with Crippen LogP contribution in [0.2, 0.25) is 0 Å². The Balaban J connectivity index is 2.91. The molecule has 11 heavy (non-hydrogen) atoms. The van der Waals surface area contributed by atoms with E-state index in [1.807, 2.05) is 0 Å². The molecule has 0 N–H and O–H groups in total. The van der Waals surface area contributed by atoms with Crippen LogP contribution in [0, 0.1) is 5.21 Å². The molecule has 5 heteroatoms. The summed E-state index contributed by atoms with van der Waals surface area (Å²) in [6, 6.07) is 1.59. The molecule has 54 valence electrons. The first kappa shape index (κ1) is 5.96. The molecule has 0 fully saturated rings. The number of aromatic nitrogens is 4. The van der Waals surface area contributed by atoms with Gasteiger partial charge in [0, 0.05) is 12.3 Å². The molecule has 2 aromatic rings. The molecular formula is C6H4N4O. The fourth-order valence-corrected chi connectivity index (χ4v) is 0.839. The van der Waals surface area contributed by atoms with Gasteiger partial charge in [0.15, 0.2) is 11.0 Å². The van der Waals surface area contributed by atoms with E-state index in [1.165, 1.54) is 6.20 Å². The maximum Gasteiger partial charge on any atom is 0.318 e. The molecule has 0 unspecified atom stereocenters. The summed E-state index contributed by atoms with van der Waals surface area (Å²) in [4.78, 5) is 3.80. The minimum Gasteiger partial charge on any atom is -0.710 e. The average molecular weight is 148 g/mol. The van der Waals surface area contributed by atoms with Gasteiger partial charge in [-0.05, 0) is 5.10 Å². The Hall–Kier alpha value is -1.78. The lowest BCUT2D eigenvalue weighted by Crippen LogP contribution is -2.27. The summed E-state index contributed by atoms with van der Waals surface area (Å²) in [6.07, 6.45) is 4.15. The summed E-state index contributed by atoms with van der Waals surface area (Å²) in [5.41, 5.74) is 0.986. The minimum absolute atomic E-state index is 0.481. The third kappa shape index (κ3) is 0.861. The van der Waals surface area contributed by atoms with Crippen molar-refractivity contribution in [2.24, 2.45) is 0 Å². The summed E-state index contributed by atoms with van der Waals surface area (Å²) >= 11 is 0. The van der Waals surface area contributed by atoms with E-state index >= 15 is 0 Å². The highest BCUT2D eigenvalue weighted by atomic mass is 16.5. The summed E-state index contributed by atoms with van der Waals surface area (Å²) in [5.74, 6) is 0. The maximum absolute atomic E-state index is 11.0. The minimum atomic E-state index is 0.481. The number of nitrogens with zero attached hydrogens (tertiary/aromatic N) is 4. The predicted molar refractivity (Wildman–Crippen MR) is 36.3 cm³/mol. The van der Waals surface area contributed by atoms with Crippen molar-refractivity contribution in [2.45, 2.75) is 0 Å². The molecule has 0 aromatic carbocycles. The second-order valence-electron chi connectivity index (χ2n) is 2.02. The van der Waals surface area contributed by atoms with Crippen LogP contribution in [0.25, 0.3) is 11.0 Å². The largest absolute Gasteiger partial charge is 0.710 e. The molecular weight excluding hydrogens is 144 g/mol. The zero-order valence-corrected chi connectivity index (χ0v) is 5.51. The van der Waals surface area contributed by atoms with E-state index in [2.05, 4.69) is 15.2 Å². The standard InChI is InChI=1S/C6H4N4O/c11-10-4-8-9-5-3-7-2-1-6(5)10/h1-4H. The van der Waals surface area contributed by atoms with Gasteiger partial charge in [-0.2, -0.15) is 0 Å². The number of hydrogen-bond acceptors (Lipinski definition) is 4. The van der Waals surface area contributed by atoms with E-state index in [4.69, 9.17) is 0 Å². The van der Waals surface area contributed by atoms with Gasteiger partial charge in [-0.15, -0.1) is 0 Å². The Bertz CT molecular complexity index is 384. The molecule has 0 amide bonds. The molecule has 5 nitrogen and oxygen atoms in total. The van der Waals surface area contributed by atoms with E-state index in [0.29, 0.717) is 15.8 Å². The molecule has 0 radical (unpaired) electrons. The van der Waals surface area contributed by atoms with Crippen LogP contribution >= 0.6 is 0 Å². The van der Waals surface area contributed by atoms with Crippen molar-refractivity contribution >= 4 is 11.0 Å². The maximum atomic E-state index is 11.0. The van der Waals surface area contributed by atoms with Crippen molar-refractivity contribution in [2.75, 3.05) is 0 Å². The van der Waals surface area contributed by atoms with E-state index in [1.54, 1.807) is 12.3 Å². The smallest absolute Gasteiger partial charge is 0.318 e. The first-order valence-electron chi connectivity index (χ1n) is 3.02. The van der Waals surface area contributed by atoms with Crippen LogP contribution in [0.1, 0.15) is 0 Å². The zero-order valence-electron chi connectivity index (χ0n) is 5.51. The van der Waals surface area contributed by atoms with Gasteiger partial charge in [0.05, 0.1) is 11.3 Å². The third-order valence-corrected chi connectivity index (χ3v) is 1.34. The Morgan fingerprint density at radius 2 is 2.36 bits per heavy atom. The molecule has 0 atom stereocenters. The Labute approximate surface area is 61.9 Å². The second-order valence-corrected chi connectivity index (χ2v) is 2.02. The van der Waals surface area contributed by atoms with Gasteiger partial charge in [-0.25, -0.2) is 4.73 Å². The van der Waals surface area contributed by atoms with E-state index in [-0.39, 0.29) is 0 Å². The van der Waals surface area contributed by atoms with Crippen LogP contribution in [0.5, 0.6) is 0 Å². The summed E-state index contributed by atoms with van der Waals surface area (Å²) < 4.78 is 0.657. The van der Waals surface area contributed by atoms with Gasteiger partial charge in [0.1, 0.15) is 0 Å². The summed E-state index contributed by atoms with van der Waals surface area (Å²) in [6.45, 7) is 0. The van der Waals surface area contributed by atoms with Crippen LogP contribution < -0.4 is 4.73 Å². The molecule has 0 spiro atoms. The predicted octanol–water partition coefficient (Wildman–Crippen LogP) is -0.342. The highest BCUT2D eigenvalue weighted by molar-refractivity contribution is 5.67. The van der Waals surface area contributed by atoms with Crippen LogP contribution in [-0.2, 0) is 0 Å². The molecule has 2 rings (SSSR count). The molecule has 0 saturated carbocycles. The van der Waals surface area contributed by atoms with E-state index < -0.39 is 0 Å². The lowest BCUT2D eigenvalue weighted by Gasteiger charge is -1.99. The monoisotopic (exact) mass is 148 g/mol. The fourth-order valence-electron chi connectivity index (χ4n) is 0.839. The normalized spacial score (nSPS) is 10.2. The van der Waals surface area contributed by atoms with Crippen molar-refractivity contribution in [1.82, 2.24) is 15.2 Å². The first-order valence-corrected chi connectivity index (χ1v) is 3.02. The van der Waals surface area contributed by atoms with Gasteiger partial charge in [-0.1, -0.05) is 0 Å². The van der Waals surface area contributed by atoms with Gasteiger partial charge in [-0.3, -0.25) is 4.98 Å². The zero-order chi connectivity index (χ0) is 7.68. The topological polar surface area (TPSA) is 65.6 Å². The second kappa shape index (κ2) is 2.12. The molecule has 0 bridgehead atoms. The number of pyridine rings is 1. The quantitative estimate of drug-likeness (QED) is 0.378. The van der Waals surface area contributed by atoms with Crippen LogP contribution in [0.15, 0.2) is 24.8 Å². The van der Waals surface area contributed by atoms with Gasteiger partial charge in [0.2, 0.25) is 0 Å². The molecule has 0 saturated heterocycles. The van der Waals surface area contributed by atoms with Crippen molar-refractivity contribution < 1.29 is 4.73 Å².